The van der Waals surface area contributed by atoms with Gasteiger partial charge in [0.05, 0.1) is 5.69 Å². The fourth-order valence-electron chi connectivity index (χ4n) is 1.85. The van der Waals surface area contributed by atoms with Crippen LogP contribution in [0.4, 0.5) is 5.69 Å². The molecule has 0 bridgehead atoms. The lowest BCUT2D eigenvalue weighted by Gasteiger charge is -2.11. The molecule has 0 radical (unpaired) electrons. The van der Waals surface area contributed by atoms with Gasteiger partial charge in [-0.2, -0.15) is 0 Å². The molecule has 0 atom stereocenters. The fraction of sp³-hybridized carbons (Fsp3) is 0.200. The average molecular weight is 306 g/mol. The van der Waals surface area contributed by atoms with E-state index in [0.29, 0.717) is 11.4 Å². The molecule has 0 aliphatic rings. The van der Waals surface area contributed by atoms with Crippen LogP contribution in [0.2, 0.25) is 0 Å². The van der Waals surface area contributed by atoms with Crippen LogP contribution in [0.5, 0.6) is 5.75 Å². The molecule has 2 aromatic carbocycles. The van der Waals surface area contributed by atoms with Crippen molar-refractivity contribution in [1.29, 1.82) is 0 Å². The molecule has 0 aromatic heterocycles. The Balaban J connectivity index is 1.93. The Labute approximate surface area is 125 Å². The Morgan fingerprint density at radius 1 is 1.00 bits per heavy atom. The number of benzene rings is 2. The lowest BCUT2D eigenvalue weighted by molar-refractivity contribution is 0.323. The maximum absolute atomic E-state index is 12.2. The zero-order chi connectivity index (χ0) is 15.1. The molecule has 0 heterocycles. The number of ether oxygens (including phenoxy) is 1. The van der Waals surface area contributed by atoms with Gasteiger partial charge in [0, 0.05) is 13.6 Å². The van der Waals surface area contributed by atoms with Crippen molar-refractivity contribution in [2.24, 2.45) is 0 Å². The molecular weight excluding hydrogens is 288 g/mol. The van der Waals surface area contributed by atoms with Gasteiger partial charge in [0.2, 0.25) is 10.0 Å². The lowest BCUT2D eigenvalue weighted by Crippen LogP contribution is -2.28. The van der Waals surface area contributed by atoms with Gasteiger partial charge in [-0.1, -0.05) is 30.3 Å². The fourth-order valence-corrected chi connectivity index (χ4v) is 3.07. The zero-order valence-corrected chi connectivity index (χ0v) is 12.6. The first-order valence-corrected chi connectivity index (χ1v) is 8.06. The molecule has 0 saturated heterocycles. The van der Waals surface area contributed by atoms with Crippen molar-refractivity contribution in [3.05, 3.63) is 54.6 Å². The molecule has 6 heteroatoms. The van der Waals surface area contributed by atoms with Crippen LogP contribution in [0, 0.1) is 0 Å². The SMILES string of the molecule is CNc1ccccc1S(=O)(=O)NCCOc1ccccc1. The van der Waals surface area contributed by atoms with Gasteiger partial charge in [0.25, 0.3) is 0 Å². The largest absolute Gasteiger partial charge is 0.492 e. The Kier molecular flexibility index (Phi) is 5.19. The lowest BCUT2D eigenvalue weighted by atomic mass is 10.3. The Morgan fingerprint density at radius 2 is 1.67 bits per heavy atom. The topological polar surface area (TPSA) is 67.4 Å². The third-order valence-electron chi connectivity index (χ3n) is 2.85. The molecule has 0 amide bonds. The Hall–Kier alpha value is -2.05. The predicted octanol–water partition coefficient (Wildman–Crippen LogP) is 2.09. The van der Waals surface area contributed by atoms with E-state index in [1.807, 2.05) is 30.3 Å². The van der Waals surface area contributed by atoms with Gasteiger partial charge in [0.15, 0.2) is 0 Å². The minimum Gasteiger partial charge on any atom is -0.492 e. The van der Waals surface area contributed by atoms with Gasteiger partial charge in [-0.05, 0) is 24.3 Å². The van der Waals surface area contributed by atoms with Crippen molar-refractivity contribution >= 4 is 15.7 Å². The van der Waals surface area contributed by atoms with E-state index < -0.39 is 10.0 Å². The summed E-state index contributed by atoms with van der Waals surface area (Å²) in [6, 6.07) is 16.0. The normalized spacial score (nSPS) is 11.1. The highest BCUT2D eigenvalue weighted by Gasteiger charge is 2.16. The predicted molar refractivity (Wildman–Crippen MR) is 83.1 cm³/mol. The van der Waals surface area contributed by atoms with Gasteiger partial charge < -0.3 is 10.1 Å². The molecule has 2 aromatic rings. The second-order valence-corrected chi connectivity index (χ2v) is 6.04. The summed E-state index contributed by atoms with van der Waals surface area (Å²) in [5.41, 5.74) is 0.564. The van der Waals surface area contributed by atoms with Crippen LogP contribution in [-0.4, -0.2) is 28.6 Å². The molecule has 0 fully saturated rings. The standard InChI is InChI=1S/C15H18N2O3S/c1-16-14-9-5-6-10-15(14)21(18,19)17-11-12-20-13-7-3-2-4-8-13/h2-10,16-17H,11-12H2,1H3. The highest BCUT2D eigenvalue weighted by atomic mass is 32.2. The van der Waals surface area contributed by atoms with Crippen LogP contribution in [0.25, 0.3) is 0 Å². The third-order valence-corrected chi connectivity index (χ3v) is 4.37. The van der Waals surface area contributed by atoms with Crippen LogP contribution in [0.3, 0.4) is 0 Å². The van der Waals surface area contributed by atoms with Crippen molar-refractivity contribution in [2.45, 2.75) is 4.90 Å². The van der Waals surface area contributed by atoms with Gasteiger partial charge in [-0.25, -0.2) is 13.1 Å². The quantitative estimate of drug-likeness (QED) is 0.769. The van der Waals surface area contributed by atoms with E-state index in [9.17, 15) is 8.42 Å². The number of sulfonamides is 1. The van der Waals surface area contributed by atoms with Gasteiger partial charge >= 0.3 is 0 Å². The molecule has 0 aliphatic heterocycles. The molecule has 2 rings (SSSR count). The number of nitrogens with one attached hydrogen (secondary N) is 2. The summed E-state index contributed by atoms with van der Waals surface area (Å²) in [7, 11) is -1.86. The highest BCUT2D eigenvalue weighted by molar-refractivity contribution is 7.89. The molecule has 2 N–H and O–H groups in total. The second kappa shape index (κ2) is 7.10. The van der Waals surface area contributed by atoms with E-state index in [2.05, 4.69) is 10.0 Å². The smallest absolute Gasteiger partial charge is 0.242 e. The van der Waals surface area contributed by atoms with Crippen molar-refractivity contribution < 1.29 is 13.2 Å². The van der Waals surface area contributed by atoms with E-state index >= 15 is 0 Å². The summed E-state index contributed by atoms with van der Waals surface area (Å²) in [6.45, 7) is 0.472. The van der Waals surface area contributed by atoms with Gasteiger partial charge in [-0.3, -0.25) is 0 Å². The second-order valence-electron chi connectivity index (χ2n) is 4.31. The molecule has 0 spiro atoms. The molecule has 112 valence electrons. The van der Waals surface area contributed by atoms with Crippen LogP contribution in [0.15, 0.2) is 59.5 Å². The van der Waals surface area contributed by atoms with Gasteiger partial charge in [0.1, 0.15) is 17.3 Å². The average Bonchev–Trinajstić information content (AvgIpc) is 2.52. The summed E-state index contributed by atoms with van der Waals surface area (Å²) >= 11 is 0. The number of para-hydroxylation sites is 2. The minimum atomic E-state index is -3.55. The molecule has 5 nitrogen and oxygen atoms in total. The van der Waals surface area contributed by atoms with Crippen molar-refractivity contribution in [3.63, 3.8) is 0 Å². The monoisotopic (exact) mass is 306 g/mol. The zero-order valence-electron chi connectivity index (χ0n) is 11.7. The third kappa shape index (κ3) is 4.21. The maximum Gasteiger partial charge on any atom is 0.242 e. The first-order valence-electron chi connectivity index (χ1n) is 6.58. The number of rotatable bonds is 7. The van der Waals surface area contributed by atoms with Crippen molar-refractivity contribution in [3.8, 4) is 5.75 Å². The first kappa shape index (κ1) is 15.3. The summed E-state index contributed by atoms with van der Waals surface area (Å²) in [6.07, 6.45) is 0. The maximum atomic E-state index is 12.2. The highest BCUT2D eigenvalue weighted by Crippen LogP contribution is 2.19. The van der Waals surface area contributed by atoms with E-state index in [0.717, 1.165) is 0 Å². The van der Waals surface area contributed by atoms with Crippen LogP contribution < -0.4 is 14.8 Å². The van der Waals surface area contributed by atoms with Crippen LogP contribution in [-0.2, 0) is 10.0 Å². The van der Waals surface area contributed by atoms with Crippen LogP contribution in [0.1, 0.15) is 0 Å². The van der Waals surface area contributed by atoms with Crippen LogP contribution >= 0.6 is 0 Å². The van der Waals surface area contributed by atoms with E-state index in [1.165, 1.54) is 0 Å². The number of hydrogen-bond acceptors (Lipinski definition) is 4. The molecule has 21 heavy (non-hydrogen) atoms. The van der Waals surface area contributed by atoms with E-state index in [4.69, 9.17) is 4.74 Å². The molecule has 0 unspecified atom stereocenters. The van der Waals surface area contributed by atoms with E-state index in [1.54, 1.807) is 31.3 Å². The minimum absolute atomic E-state index is 0.204. The van der Waals surface area contributed by atoms with E-state index in [-0.39, 0.29) is 18.0 Å². The first-order chi connectivity index (χ1) is 10.1. The number of hydrogen-bond donors (Lipinski definition) is 2. The molecule has 0 aliphatic carbocycles. The van der Waals surface area contributed by atoms with Crippen molar-refractivity contribution in [1.82, 2.24) is 4.72 Å². The number of anilines is 1. The Morgan fingerprint density at radius 3 is 2.38 bits per heavy atom. The summed E-state index contributed by atoms with van der Waals surface area (Å²) < 4.78 is 32.4. The molecular formula is C15H18N2O3S. The molecule has 0 saturated carbocycles. The summed E-state index contributed by atoms with van der Waals surface area (Å²) in [5, 5.41) is 2.87. The summed E-state index contributed by atoms with van der Waals surface area (Å²) in [5.74, 6) is 0.715. The van der Waals surface area contributed by atoms with Gasteiger partial charge in [-0.15, -0.1) is 0 Å². The Bertz CT molecular complexity index is 672. The van der Waals surface area contributed by atoms with Crippen molar-refractivity contribution in [2.75, 3.05) is 25.5 Å². The summed E-state index contributed by atoms with van der Waals surface area (Å²) in [4.78, 5) is 0.229.